The highest BCUT2D eigenvalue weighted by Crippen LogP contribution is 2.25. The van der Waals surface area contributed by atoms with Gasteiger partial charge in [-0.15, -0.1) is 0 Å². The van der Waals surface area contributed by atoms with Gasteiger partial charge in [-0.25, -0.2) is 0 Å². The standard InChI is InChI=1S/C15H20N2O4/c16-13(9-14(18)19)15(20)17-10-5-7-12(8-6-10)21-11-3-1-2-4-11/h5-8,11,13H,1-4,9,16H2,(H,17,20)(H,18,19). The number of rotatable bonds is 6. The maximum Gasteiger partial charge on any atom is 0.305 e. The van der Waals surface area contributed by atoms with Crippen LogP contribution in [0, 0.1) is 0 Å². The molecule has 1 aromatic rings. The number of carboxylic acid groups (broad SMARTS) is 1. The molecule has 21 heavy (non-hydrogen) atoms. The van der Waals surface area contributed by atoms with Crippen molar-refractivity contribution in [3.63, 3.8) is 0 Å². The summed E-state index contributed by atoms with van der Waals surface area (Å²) < 4.78 is 5.82. The van der Waals surface area contributed by atoms with Crippen molar-refractivity contribution >= 4 is 17.6 Å². The molecule has 114 valence electrons. The van der Waals surface area contributed by atoms with Gasteiger partial charge in [-0.3, -0.25) is 9.59 Å². The first-order valence-corrected chi connectivity index (χ1v) is 7.09. The zero-order valence-corrected chi connectivity index (χ0v) is 11.7. The third kappa shape index (κ3) is 4.75. The van der Waals surface area contributed by atoms with Gasteiger partial charge in [0.2, 0.25) is 5.91 Å². The largest absolute Gasteiger partial charge is 0.490 e. The molecule has 0 aromatic heterocycles. The van der Waals surface area contributed by atoms with Gasteiger partial charge in [0.25, 0.3) is 0 Å². The van der Waals surface area contributed by atoms with Gasteiger partial charge in [0, 0.05) is 5.69 Å². The Labute approximate surface area is 123 Å². The number of hydrogen-bond donors (Lipinski definition) is 3. The highest BCUT2D eigenvalue weighted by atomic mass is 16.5. The van der Waals surface area contributed by atoms with Crippen LogP contribution in [0.25, 0.3) is 0 Å². The number of carbonyl (C=O) groups excluding carboxylic acids is 1. The van der Waals surface area contributed by atoms with Crippen LogP contribution in [0.5, 0.6) is 5.75 Å². The van der Waals surface area contributed by atoms with Crippen LogP contribution >= 0.6 is 0 Å². The smallest absolute Gasteiger partial charge is 0.305 e. The van der Waals surface area contributed by atoms with E-state index in [0.29, 0.717) is 5.69 Å². The molecule has 4 N–H and O–H groups in total. The van der Waals surface area contributed by atoms with Crippen LogP contribution in [0.15, 0.2) is 24.3 Å². The SMILES string of the molecule is NC(CC(=O)O)C(=O)Nc1ccc(OC2CCCC2)cc1. The van der Waals surface area contributed by atoms with Gasteiger partial charge >= 0.3 is 5.97 Å². The highest BCUT2D eigenvalue weighted by molar-refractivity contribution is 5.96. The summed E-state index contributed by atoms with van der Waals surface area (Å²) in [7, 11) is 0. The van der Waals surface area contributed by atoms with Crippen LogP contribution in [0.3, 0.4) is 0 Å². The molecule has 1 aliphatic carbocycles. The van der Waals surface area contributed by atoms with Crippen molar-refractivity contribution in [1.82, 2.24) is 0 Å². The molecule has 2 rings (SSSR count). The number of ether oxygens (including phenoxy) is 1. The maximum absolute atomic E-state index is 11.7. The molecular formula is C15H20N2O4. The molecule has 1 atom stereocenters. The quantitative estimate of drug-likeness (QED) is 0.741. The molecule has 6 nitrogen and oxygen atoms in total. The maximum atomic E-state index is 11.7. The number of nitrogens with two attached hydrogens (primary N) is 1. The molecule has 1 amide bonds. The zero-order valence-electron chi connectivity index (χ0n) is 11.7. The van der Waals surface area contributed by atoms with Gasteiger partial charge in [0.05, 0.1) is 18.6 Å². The molecule has 1 unspecified atom stereocenters. The molecule has 0 heterocycles. The lowest BCUT2D eigenvalue weighted by Gasteiger charge is -2.14. The van der Waals surface area contributed by atoms with Gasteiger partial charge in [-0.1, -0.05) is 0 Å². The Bertz CT molecular complexity index is 495. The van der Waals surface area contributed by atoms with E-state index in [4.69, 9.17) is 15.6 Å². The fourth-order valence-corrected chi connectivity index (χ4v) is 2.33. The summed E-state index contributed by atoms with van der Waals surface area (Å²) in [6.45, 7) is 0. The summed E-state index contributed by atoms with van der Waals surface area (Å²) in [6, 6.07) is 5.95. The molecule has 0 radical (unpaired) electrons. The fourth-order valence-electron chi connectivity index (χ4n) is 2.33. The number of benzene rings is 1. The van der Waals surface area contributed by atoms with Gasteiger partial charge in [-0.2, -0.15) is 0 Å². The van der Waals surface area contributed by atoms with Crippen LogP contribution in [0.1, 0.15) is 32.1 Å². The van der Waals surface area contributed by atoms with Crippen molar-refractivity contribution in [2.75, 3.05) is 5.32 Å². The first-order chi connectivity index (χ1) is 10.0. The van der Waals surface area contributed by atoms with Crippen molar-refractivity contribution in [2.24, 2.45) is 5.73 Å². The molecule has 1 aromatic carbocycles. The second-order valence-electron chi connectivity index (χ2n) is 5.24. The lowest BCUT2D eigenvalue weighted by atomic mass is 10.2. The Morgan fingerprint density at radius 1 is 1.29 bits per heavy atom. The van der Waals surface area contributed by atoms with Crippen LogP contribution in [0.4, 0.5) is 5.69 Å². The summed E-state index contributed by atoms with van der Waals surface area (Å²) in [5.74, 6) is -0.838. The van der Waals surface area contributed by atoms with Crippen molar-refractivity contribution in [2.45, 2.75) is 44.2 Å². The lowest BCUT2D eigenvalue weighted by molar-refractivity contribution is -0.138. The van der Waals surface area contributed by atoms with Crippen LogP contribution in [-0.4, -0.2) is 29.1 Å². The van der Waals surface area contributed by atoms with E-state index in [-0.39, 0.29) is 6.10 Å². The second-order valence-corrected chi connectivity index (χ2v) is 5.24. The predicted octanol–water partition coefficient (Wildman–Crippen LogP) is 1.75. The normalized spacial score (nSPS) is 16.4. The molecule has 0 saturated heterocycles. The Kier molecular flexibility index (Phi) is 5.16. The number of hydrogen-bond acceptors (Lipinski definition) is 4. The number of aliphatic carboxylic acids is 1. The Balaban J connectivity index is 1.86. The van der Waals surface area contributed by atoms with Gasteiger partial charge in [-0.05, 0) is 49.9 Å². The zero-order chi connectivity index (χ0) is 15.2. The van der Waals surface area contributed by atoms with Gasteiger partial charge in [0.15, 0.2) is 0 Å². The van der Waals surface area contributed by atoms with Crippen molar-refractivity contribution in [1.29, 1.82) is 0 Å². The van der Waals surface area contributed by atoms with Crippen molar-refractivity contribution in [3.05, 3.63) is 24.3 Å². The molecule has 1 fully saturated rings. The van der Waals surface area contributed by atoms with E-state index in [1.807, 2.05) is 0 Å². The molecular weight excluding hydrogens is 272 g/mol. The summed E-state index contributed by atoms with van der Waals surface area (Å²) in [5.41, 5.74) is 6.06. The van der Waals surface area contributed by atoms with E-state index >= 15 is 0 Å². The first kappa shape index (κ1) is 15.3. The number of nitrogens with one attached hydrogen (secondary N) is 1. The van der Waals surface area contributed by atoms with Crippen LogP contribution < -0.4 is 15.8 Å². The predicted molar refractivity (Wildman–Crippen MR) is 78.2 cm³/mol. The van der Waals surface area contributed by atoms with E-state index in [0.717, 1.165) is 18.6 Å². The molecule has 1 aliphatic rings. The van der Waals surface area contributed by atoms with Crippen LogP contribution in [-0.2, 0) is 9.59 Å². The average Bonchev–Trinajstić information content (AvgIpc) is 2.93. The van der Waals surface area contributed by atoms with E-state index in [1.54, 1.807) is 24.3 Å². The van der Waals surface area contributed by atoms with Crippen LogP contribution in [0.2, 0.25) is 0 Å². The van der Waals surface area contributed by atoms with Crippen molar-refractivity contribution in [3.8, 4) is 5.75 Å². The van der Waals surface area contributed by atoms with Crippen molar-refractivity contribution < 1.29 is 19.4 Å². The number of anilines is 1. The van der Waals surface area contributed by atoms with E-state index in [1.165, 1.54) is 12.8 Å². The van der Waals surface area contributed by atoms with Gasteiger partial charge < -0.3 is 20.9 Å². The fraction of sp³-hybridized carbons (Fsp3) is 0.467. The monoisotopic (exact) mass is 292 g/mol. The molecule has 0 aliphatic heterocycles. The Morgan fingerprint density at radius 2 is 1.90 bits per heavy atom. The van der Waals surface area contributed by atoms with E-state index < -0.39 is 24.3 Å². The van der Waals surface area contributed by atoms with E-state index in [2.05, 4.69) is 5.32 Å². The Morgan fingerprint density at radius 3 is 2.48 bits per heavy atom. The molecule has 0 bridgehead atoms. The number of amides is 1. The topological polar surface area (TPSA) is 102 Å². The minimum Gasteiger partial charge on any atom is -0.490 e. The molecule has 0 spiro atoms. The van der Waals surface area contributed by atoms with E-state index in [9.17, 15) is 9.59 Å². The first-order valence-electron chi connectivity index (χ1n) is 7.09. The number of carbonyl (C=O) groups is 2. The molecule has 6 heteroatoms. The van der Waals surface area contributed by atoms with Gasteiger partial charge in [0.1, 0.15) is 5.75 Å². The average molecular weight is 292 g/mol. The Hall–Kier alpha value is -2.08. The minimum atomic E-state index is -1.10. The minimum absolute atomic E-state index is 0.287. The number of carboxylic acids is 1. The highest BCUT2D eigenvalue weighted by Gasteiger charge is 2.18. The molecule has 1 saturated carbocycles. The second kappa shape index (κ2) is 7.08. The lowest BCUT2D eigenvalue weighted by Crippen LogP contribution is -2.37. The summed E-state index contributed by atoms with van der Waals surface area (Å²) in [4.78, 5) is 22.2. The summed E-state index contributed by atoms with van der Waals surface area (Å²) in [5, 5.41) is 11.2. The summed E-state index contributed by atoms with van der Waals surface area (Å²) in [6.07, 6.45) is 4.48. The third-order valence-corrected chi connectivity index (χ3v) is 3.46. The third-order valence-electron chi connectivity index (χ3n) is 3.46. The summed E-state index contributed by atoms with van der Waals surface area (Å²) >= 11 is 0.